The zero-order chi connectivity index (χ0) is 20.6. The lowest BCUT2D eigenvalue weighted by Gasteiger charge is -2.37. The lowest BCUT2D eigenvalue weighted by molar-refractivity contribution is -0.124. The van der Waals surface area contributed by atoms with Crippen LogP contribution in [0.15, 0.2) is 60.7 Å². The highest BCUT2D eigenvalue weighted by Crippen LogP contribution is 2.65. The fourth-order valence-electron chi connectivity index (χ4n) is 5.77. The second-order valence-corrected chi connectivity index (χ2v) is 9.12. The molecule has 1 N–H and O–H groups in total. The summed E-state index contributed by atoms with van der Waals surface area (Å²) in [5.74, 6) is 0.422. The van der Waals surface area contributed by atoms with Gasteiger partial charge in [-0.15, -0.1) is 0 Å². The van der Waals surface area contributed by atoms with Crippen LogP contribution in [-0.2, 0) is 9.59 Å². The quantitative estimate of drug-likeness (QED) is 0.601. The maximum absolute atomic E-state index is 13.3. The van der Waals surface area contributed by atoms with Gasteiger partial charge in [0.15, 0.2) is 0 Å². The third-order valence-corrected chi connectivity index (χ3v) is 7.35. The number of imide groups is 1. The maximum atomic E-state index is 13.3. The van der Waals surface area contributed by atoms with Crippen molar-refractivity contribution >= 4 is 40.7 Å². The number of rotatable bonds is 3. The summed E-state index contributed by atoms with van der Waals surface area (Å²) in [5, 5.41) is 3.33. The Balaban J connectivity index is 1.29. The summed E-state index contributed by atoms with van der Waals surface area (Å²) >= 11 is 5.98. The molecule has 0 radical (unpaired) electrons. The van der Waals surface area contributed by atoms with Crippen molar-refractivity contribution in [1.82, 2.24) is 0 Å². The number of benzene rings is 2. The van der Waals surface area contributed by atoms with Crippen molar-refractivity contribution in [3.8, 4) is 0 Å². The summed E-state index contributed by atoms with van der Waals surface area (Å²) < 4.78 is 0. The van der Waals surface area contributed by atoms with Crippen LogP contribution in [0.25, 0.3) is 0 Å². The highest BCUT2D eigenvalue weighted by Gasteiger charge is 2.67. The molecule has 150 valence electrons. The van der Waals surface area contributed by atoms with Crippen molar-refractivity contribution in [2.75, 3.05) is 10.2 Å². The number of carbonyl (C=O) groups excluding carboxylic acids is 3. The topological polar surface area (TPSA) is 66.5 Å². The van der Waals surface area contributed by atoms with E-state index in [9.17, 15) is 14.4 Å². The number of halogens is 1. The van der Waals surface area contributed by atoms with E-state index < -0.39 is 0 Å². The highest BCUT2D eigenvalue weighted by atomic mass is 35.5. The Morgan fingerprint density at radius 3 is 2.27 bits per heavy atom. The zero-order valence-electron chi connectivity index (χ0n) is 16.0. The molecule has 3 amide bonds. The van der Waals surface area contributed by atoms with Gasteiger partial charge in [-0.25, -0.2) is 4.90 Å². The van der Waals surface area contributed by atoms with Gasteiger partial charge in [-0.1, -0.05) is 35.9 Å². The Labute approximate surface area is 178 Å². The Bertz CT molecular complexity index is 1110. The molecule has 4 aliphatic carbocycles. The molecular weight excluding hydrogens is 400 g/mol. The third kappa shape index (κ3) is 2.51. The van der Waals surface area contributed by atoms with Gasteiger partial charge in [0.05, 0.1) is 17.5 Å². The average molecular weight is 419 g/mol. The fourth-order valence-corrected chi connectivity index (χ4v) is 5.96. The predicted octanol–water partition coefficient (Wildman–Crippen LogP) is 4.15. The van der Waals surface area contributed by atoms with E-state index in [1.165, 1.54) is 4.90 Å². The lowest BCUT2D eigenvalue weighted by Crippen LogP contribution is -2.40. The minimum atomic E-state index is -0.321. The van der Waals surface area contributed by atoms with Crippen LogP contribution in [0.1, 0.15) is 16.8 Å². The van der Waals surface area contributed by atoms with E-state index in [0.717, 1.165) is 6.42 Å². The first-order valence-electron chi connectivity index (χ1n) is 10.3. The van der Waals surface area contributed by atoms with E-state index in [4.69, 9.17) is 11.6 Å². The van der Waals surface area contributed by atoms with Crippen molar-refractivity contribution < 1.29 is 14.4 Å². The van der Waals surface area contributed by atoms with Gasteiger partial charge in [0.1, 0.15) is 0 Å². The second-order valence-electron chi connectivity index (χ2n) is 8.68. The predicted molar refractivity (Wildman–Crippen MR) is 113 cm³/mol. The second kappa shape index (κ2) is 6.29. The molecule has 2 bridgehead atoms. The monoisotopic (exact) mass is 418 g/mol. The number of hydrogen-bond donors (Lipinski definition) is 1. The summed E-state index contributed by atoms with van der Waals surface area (Å²) in [6, 6.07) is 13.6. The Kier molecular flexibility index (Phi) is 3.75. The van der Waals surface area contributed by atoms with Gasteiger partial charge in [-0.05, 0) is 66.5 Å². The molecule has 1 heterocycles. The summed E-state index contributed by atoms with van der Waals surface area (Å²) in [4.78, 5) is 40.6. The largest absolute Gasteiger partial charge is 0.322 e. The maximum Gasteiger partial charge on any atom is 0.255 e. The van der Waals surface area contributed by atoms with Crippen LogP contribution in [0.3, 0.4) is 0 Å². The van der Waals surface area contributed by atoms with Crippen molar-refractivity contribution in [3.05, 3.63) is 71.3 Å². The first kappa shape index (κ1) is 17.9. The molecule has 0 aromatic heterocycles. The smallest absolute Gasteiger partial charge is 0.255 e. The van der Waals surface area contributed by atoms with Crippen LogP contribution in [-0.4, -0.2) is 17.7 Å². The van der Waals surface area contributed by atoms with Crippen LogP contribution in [0.5, 0.6) is 0 Å². The molecule has 1 aliphatic heterocycles. The normalized spacial score (nSPS) is 32.8. The van der Waals surface area contributed by atoms with E-state index in [1.54, 1.807) is 48.5 Å². The van der Waals surface area contributed by atoms with Crippen LogP contribution in [0.2, 0.25) is 5.02 Å². The Morgan fingerprint density at radius 2 is 1.60 bits per heavy atom. The molecule has 6 heteroatoms. The van der Waals surface area contributed by atoms with Gasteiger partial charge in [0.2, 0.25) is 11.8 Å². The van der Waals surface area contributed by atoms with Gasteiger partial charge < -0.3 is 5.32 Å². The molecule has 6 atom stereocenters. The summed E-state index contributed by atoms with van der Waals surface area (Å²) in [7, 11) is 0. The van der Waals surface area contributed by atoms with Crippen molar-refractivity contribution in [3.63, 3.8) is 0 Å². The molecule has 2 aromatic carbocycles. The van der Waals surface area contributed by atoms with Gasteiger partial charge in [0.25, 0.3) is 5.91 Å². The van der Waals surface area contributed by atoms with Crippen molar-refractivity contribution in [2.45, 2.75) is 6.42 Å². The summed E-state index contributed by atoms with van der Waals surface area (Å²) in [5.41, 5.74) is 1.43. The van der Waals surface area contributed by atoms with E-state index >= 15 is 0 Å². The Hall–Kier alpha value is -2.92. The number of carbonyl (C=O) groups is 3. The first-order chi connectivity index (χ1) is 14.5. The summed E-state index contributed by atoms with van der Waals surface area (Å²) in [6.45, 7) is 0. The number of hydrogen-bond acceptors (Lipinski definition) is 3. The van der Waals surface area contributed by atoms with E-state index in [2.05, 4.69) is 17.5 Å². The molecule has 5 nitrogen and oxygen atoms in total. The minimum absolute atomic E-state index is 0.123. The van der Waals surface area contributed by atoms with Crippen LogP contribution < -0.4 is 10.2 Å². The minimum Gasteiger partial charge on any atom is -0.322 e. The molecule has 7 rings (SSSR count). The average Bonchev–Trinajstić information content (AvgIpc) is 3.52. The van der Waals surface area contributed by atoms with Gasteiger partial charge >= 0.3 is 0 Å². The van der Waals surface area contributed by atoms with Crippen molar-refractivity contribution in [1.29, 1.82) is 0 Å². The molecule has 0 spiro atoms. The molecule has 5 aliphatic rings. The highest BCUT2D eigenvalue weighted by molar-refractivity contribution is 6.31. The molecule has 3 fully saturated rings. The molecule has 2 aromatic rings. The van der Waals surface area contributed by atoms with E-state index in [1.807, 2.05) is 0 Å². The van der Waals surface area contributed by atoms with Gasteiger partial charge in [-0.3, -0.25) is 14.4 Å². The fraction of sp³-hybridized carbons (Fsp3) is 0.292. The number of nitrogens with zero attached hydrogens (tertiary/aromatic N) is 1. The van der Waals surface area contributed by atoms with E-state index in [-0.39, 0.29) is 41.4 Å². The number of amides is 3. The molecule has 1 saturated heterocycles. The van der Waals surface area contributed by atoms with Crippen molar-refractivity contribution in [2.24, 2.45) is 35.5 Å². The SMILES string of the molecule is O=C(Nc1cccc(Cl)c1)c1cccc(N2C(=O)[C@@H]3[C@H]4C=C[C@@H]([C@@H]5C[C@H]45)[C@@H]3C2=O)c1. The van der Waals surface area contributed by atoms with Crippen LogP contribution in [0.4, 0.5) is 11.4 Å². The zero-order valence-corrected chi connectivity index (χ0v) is 16.8. The molecule has 0 unspecified atom stereocenters. The van der Waals surface area contributed by atoms with Gasteiger partial charge in [0, 0.05) is 16.3 Å². The number of anilines is 2. The molecular formula is C24H19ClN2O3. The summed E-state index contributed by atoms with van der Waals surface area (Å²) in [6.07, 6.45) is 5.45. The Morgan fingerprint density at radius 1 is 0.933 bits per heavy atom. The number of allylic oxidation sites excluding steroid dienone is 2. The van der Waals surface area contributed by atoms with Crippen LogP contribution >= 0.6 is 11.6 Å². The molecule has 30 heavy (non-hydrogen) atoms. The lowest BCUT2D eigenvalue weighted by atomic mass is 9.63. The number of nitrogens with one attached hydrogen (secondary N) is 1. The standard InChI is InChI=1S/C24H19ClN2O3/c25-13-4-2-5-14(10-13)26-22(28)12-3-1-6-15(9-12)27-23(29)20-16-7-8-17(19-11-18(16)19)21(20)24(27)30/h1-10,16-21H,11H2,(H,26,28)/t16-,17-,18-,19+,20-,21+/m0/s1. The molecule has 2 saturated carbocycles. The van der Waals surface area contributed by atoms with Gasteiger partial charge in [-0.2, -0.15) is 0 Å². The first-order valence-corrected chi connectivity index (χ1v) is 10.6. The van der Waals surface area contributed by atoms with Crippen LogP contribution in [0, 0.1) is 35.5 Å². The van der Waals surface area contributed by atoms with E-state index in [0.29, 0.717) is 33.8 Å². The third-order valence-electron chi connectivity index (χ3n) is 7.11.